The molecule has 0 fully saturated rings. The highest BCUT2D eigenvalue weighted by Gasteiger charge is 2.09. The second-order valence-electron chi connectivity index (χ2n) is 4.94. The fraction of sp³-hybridized carbons (Fsp3) is 0.400. The Morgan fingerprint density at radius 1 is 1.41 bits per heavy atom. The number of hydrogen-bond donors (Lipinski definition) is 1. The van der Waals surface area contributed by atoms with Crippen molar-refractivity contribution >= 4 is 17.7 Å². The topological polar surface area (TPSA) is 85.5 Å². The Morgan fingerprint density at radius 2 is 2.23 bits per heavy atom. The van der Waals surface area contributed by atoms with Crippen molar-refractivity contribution < 1.29 is 19.1 Å². The van der Waals surface area contributed by atoms with Gasteiger partial charge in [0.2, 0.25) is 5.89 Å². The summed E-state index contributed by atoms with van der Waals surface area (Å²) in [6.45, 7) is 4.50. The molecular formula is C15H18N2O4S. The molecule has 0 aliphatic carbocycles. The summed E-state index contributed by atoms with van der Waals surface area (Å²) in [6.07, 6.45) is 0.793. The average molecular weight is 322 g/mol. The number of carboxylic acids is 1. The van der Waals surface area contributed by atoms with Crippen molar-refractivity contribution in [2.75, 3.05) is 12.4 Å². The summed E-state index contributed by atoms with van der Waals surface area (Å²) >= 11 is 1.49. The van der Waals surface area contributed by atoms with Crippen LogP contribution in [0, 0.1) is 0 Å². The number of hydrogen-bond acceptors (Lipinski definition) is 6. The van der Waals surface area contributed by atoms with Crippen LogP contribution in [0.15, 0.2) is 33.9 Å². The third kappa shape index (κ3) is 4.77. The highest BCUT2D eigenvalue weighted by Crippen LogP contribution is 2.21. The first-order valence-corrected chi connectivity index (χ1v) is 7.97. The lowest BCUT2D eigenvalue weighted by Crippen LogP contribution is -2.01. The molecule has 0 amide bonds. The maximum Gasteiger partial charge on any atom is 0.335 e. The van der Waals surface area contributed by atoms with Gasteiger partial charge in [0.05, 0.1) is 12.2 Å². The summed E-state index contributed by atoms with van der Waals surface area (Å²) in [7, 11) is 0. The van der Waals surface area contributed by atoms with Crippen molar-refractivity contribution in [3.05, 3.63) is 35.7 Å². The number of thioether (sulfide) groups is 1. The molecular weight excluding hydrogens is 304 g/mol. The van der Waals surface area contributed by atoms with E-state index < -0.39 is 5.97 Å². The smallest absolute Gasteiger partial charge is 0.335 e. The second kappa shape index (κ2) is 7.84. The van der Waals surface area contributed by atoms with Gasteiger partial charge in [-0.15, -0.1) is 10.2 Å². The third-order valence-electron chi connectivity index (χ3n) is 2.78. The Hall–Kier alpha value is -2.02. The van der Waals surface area contributed by atoms with Gasteiger partial charge in [-0.2, -0.15) is 0 Å². The molecule has 0 radical (unpaired) electrons. The summed E-state index contributed by atoms with van der Waals surface area (Å²) in [5, 5.41) is 17.4. The number of benzene rings is 1. The standard InChI is InChI=1S/C15H18N2O4S/c1-10(2)13-16-17-15(21-13)22-8-4-7-20-12-6-3-5-11(9-12)14(18)19/h3,5-6,9-10H,4,7-8H2,1-2H3,(H,18,19). The Kier molecular flexibility index (Phi) is 5.83. The molecule has 0 spiro atoms. The fourth-order valence-electron chi connectivity index (χ4n) is 1.64. The normalized spacial score (nSPS) is 10.9. The van der Waals surface area contributed by atoms with E-state index in [4.69, 9.17) is 14.3 Å². The van der Waals surface area contributed by atoms with Crippen LogP contribution in [-0.2, 0) is 0 Å². The van der Waals surface area contributed by atoms with E-state index >= 15 is 0 Å². The molecule has 0 aliphatic rings. The molecule has 0 aliphatic heterocycles. The number of carboxylic acid groups (broad SMARTS) is 1. The van der Waals surface area contributed by atoms with E-state index in [2.05, 4.69) is 10.2 Å². The molecule has 0 atom stereocenters. The van der Waals surface area contributed by atoms with Crippen LogP contribution in [0.3, 0.4) is 0 Å². The molecule has 2 aromatic rings. The minimum atomic E-state index is -0.960. The Balaban J connectivity index is 1.70. The van der Waals surface area contributed by atoms with Gasteiger partial charge < -0.3 is 14.3 Å². The van der Waals surface area contributed by atoms with Crippen molar-refractivity contribution in [1.82, 2.24) is 10.2 Å². The first-order chi connectivity index (χ1) is 10.6. The monoisotopic (exact) mass is 322 g/mol. The van der Waals surface area contributed by atoms with E-state index in [-0.39, 0.29) is 11.5 Å². The van der Waals surface area contributed by atoms with Crippen LogP contribution in [0.1, 0.15) is 42.4 Å². The minimum absolute atomic E-state index is 0.221. The van der Waals surface area contributed by atoms with E-state index in [9.17, 15) is 4.79 Å². The fourth-order valence-corrected chi connectivity index (χ4v) is 2.32. The quantitative estimate of drug-likeness (QED) is 0.588. The number of rotatable bonds is 8. The van der Waals surface area contributed by atoms with Gasteiger partial charge in [-0.3, -0.25) is 0 Å². The summed E-state index contributed by atoms with van der Waals surface area (Å²) in [4.78, 5) is 10.9. The molecule has 0 unspecified atom stereocenters. The van der Waals surface area contributed by atoms with Gasteiger partial charge in [-0.25, -0.2) is 4.79 Å². The Labute approximate surface area is 132 Å². The molecule has 1 heterocycles. The summed E-state index contributed by atoms with van der Waals surface area (Å²) in [6, 6.07) is 6.46. The van der Waals surface area contributed by atoms with Crippen LogP contribution in [0.4, 0.5) is 0 Å². The molecule has 1 aromatic carbocycles. The van der Waals surface area contributed by atoms with Crippen molar-refractivity contribution in [3.63, 3.8) is 0 Å². The lowest BCUT2D eigenvalue weighted by molar-refractivity contribution is 0.0696. The molecule has 7 heteroatoms. The van der Waals surface area contributed by atoms with E-state index in [1.165, 1.54) is 23.9 Å². The van der Waals surface area contributed by atoms with Gasteiger partial charge >= 0.3 is 5.97 Å². The summed E-state index contributed by atoms with van der Waals surface area (Å²) in [5.41, 5.74) is 0.221. The lowest BCUT2D eigenvalue weighted by atomic mass is 10.2. The van der Waals surface area contributed by atoms with E-state index in [0.717, 1.165) is 12.2 Å². The summed E-state index contributed by atoms with van der Waals surface area (Å²) < 4.78 is 11.0. The van der Waals surface area contributed by atoms with Gasteiger partial charge in [0, 0.05) is 11.7 Å². The highest BCUT2D eigenvalue weighted by molar-refractivity contribution is 7.99. The lowest BCUT2D eigenvalue weighted by Gasteiger charge is -2.06. The SMILES string of the molecule is CC(C)c1nnc(SCCCOc2cccc(C(=O)O)c2)o1. The highest BCUT2D eigenvalue weighted by atomic mass is 32.2. The number of carbonyl (C=O) groups is 1. The number of aromatic carboxylic acids is 1. The van der Waals surface area contributed by atoms with Crippen molar-refractivity contribution in [2.45, 2.75) is 31.4 Å². The molecule has 1 aromatic heterocycles. The molecule has 0 saturated carbocycles. The molecule has 6 nitrogen and oxygen atoms in total. The first kappa shape index (κ1) is 16.4. The number of aromatic nitrogens is 2. The molecule has 0 saturated heterocycles. The molecule has 0 bridgehead atoms. The van der Waals surface area contributed by atoms with Crippen molar-refractivity contribution in [1.29, 1.82) is 0 Å². The first-order valence-electron chi connectivity index (χ1n) is 6.98. The van der Waals surface area contributed by atoms with E-state index in [1.54, 1.807) is 12.1 Å². The average Bonchev–Trinajstić information content (AvgIpc) is 2.96. The van der Waals surface area contributed by atoms with Crippen LogP contribution in [-0.4, -0.2) is 33.6 Å². The maximum atomic E-state index is 10.9. The van der Waals surface area contributed by atoms with Crippen molar-refractivity contribution in [3.8, 4) is 5.75 Å². The number of nitrogens with zero attached hydrogens (tertiary/aromatic N) is 2. The largest absolute Gasteiger partial charge is 0.494 e. The zero-order chi connectivity index (χ0) is 15.9. The zero-order valence-electron chi connectivity index (χ0n) is 12.5. The predicted octanol–water partition coefficient (Wildman–Crippen LogP) is 3.45. The van der Waals surface area contributed by atoms with Crippen LogP contribution in [0.25, 0.3) is 0 Å². The van der Waals surface area contributed by atoms with Gasteiger partial charge in [0.25, 0.3) is 5.22 Å². The van der Waals surface area contributed by atoms with Crippen LogP contribution < -0.4 is 4.74 Å². The Bertz CT molecular complexity index is 628. The van der Waals surface area contributed by atoms with Crippen molar-refractivity contribution in [2.24, 2.45) is 0 Å². The van der Waals surface area contributed by atoms with Crippen LogP contribution in [0.2, 0.25) is 0 Å². The van der Waals surface area contributed by atoms with E-state index in [1.807, 2.05) is 13.8 Å². The molecule has 118 valence electrons. The summed E-state index contributed by atoms with van der Waals surface area (Å²) in [5.74, 6) is 1.26. The Morgan fingerprint density at radius 3 is 2.91 bits per heavy atom. The molecule has 2 rings (SSSR count). The van der Waals surface area contributed by atoms with Gasteiger partial charge in [0.1, 0.15) is 5.75 Å². The zero-order valence-corrected chi connectivity index (χ0v) is 13.3. The van der Waals surface area contributed by atoms with Gasteiger partial charge in [-0.05, 0) is 24.6 Å². The minimum Gasteiger partial charge on any atom is -0.494 e. The van der Waals surface area contributed by atoms with Crippen LogP contribution >= 0.6 is 11.8 Å². The maximum absolute atomic E-state index is 10.9. The van der Waals surface area contributed by atoms with Crippen LogP contribution in [0.5, 0.6) is 5.75 Å². The van der Waals surface area contributed by atoms with Gasteiger partial charge in [-0.1, -0.05) is 31.7 Å². The predicted molar refractivity (Wildman–Crippen MR) is 82.6 cm³/mol. The number of ether oxygens (including phenoxy) is 1. The van der Waals surface area contributed by atoms with Gasteiger partial charge in [0.15, 0.2) is 0 Å². The third-order valence-corrected chi connectivity index (χ3v) is 3.68. The second-order valence-corrected chi connectivity index (χ2v) is 5.99. The molecule has 22 heavy (non-hydrogen) atoms. The molecule has 1 N–H and O–H groups in total. The van der Waals surface area contributed by atoms with E-state index in [0.29, 0.717) is 23.5 Å².